The van der Waals surface area contributed by atoms with Gasteiger partial charge in [-0.15, -0.1) is 0 Å². The number of halogens is 1. The molecule has 3 aromatic carbocycles. The van der Waals surface area contributed by atoms with Crippen molar-refractivity contribution in [1.82, 2.24) is 15.0 Å². The van der Waals surface area contributed by atoms with E-state index in [1.807, 2.05) is 36.5 Å². The summed E-state index contributed by atoms with van der Waals surface area (Å²) in [6, 6.07) is 23.6. The van der Waals surface area contributed by atoms with E-state index >= 15 is 0 Å². The highest BCUT2D eigenvalue weighted by Crippen LogP contribution is 2.30. The molecule has 208 valence electrons. The highest BCUT2D eigenvalue weighted by atomic mass is 35.5. The van der Waals surface area contributed by atoms with Gasteiger partial charge in [0, 0.05) is 43.6 Å². The lowest BCUT2D eigenvalue weighted by atomic mass is 10.1. The molecular weight excluding hydrogens is 560 g/mol. The number of anilines is 3. The van der Waals surface area contributed by atoms with Crippen molar-refractivity contribution in [1.29, 1.82) is 0 Å². The van der Waals surface area contributed by atoms with Gasteiger partial charge in [-0.1, -0.05) is 35.9 Å². The molecule has 0 atom stereocenters. The number of benzene rings is 3. The van der Waals surface area contributed by atoms with Gasteiger partial charge in [0.25, 0.3) is 10.0 Å². The number of fused-ring (bicyclic) bond motifs is 1. The third-order valence-corrected chi connectivity index (χ3v) is 8.72. The van der Waals surface area contributed by atoms with Crippen LogP contribution < -0.4 is 19.3 Å². The Morgan fingerprint density at radius 3 is 2.27 bits per heavy atom. The van der Waals surface area contributed by atoms with Gasteiger partial charge in [-0.2, -0.15) is 0 Å². The van der Waals surface area contributed by atoms with Crippen LogP contribution in [0.25, 0.3) is 22.2 Å². The highest BCUT2D eigenvalue weighted by molar-refractivity contribution is 7.92. The lowest BCUT2D eigenvalue weighted by molar-refractivity contribution is 0.415. The minimum atomic E-state index is -3.82. The number of hydrogen-bond donors (Lipinski definition) is 1. The number of ether oxygens (including phenoxy) is 1. The summed E-state index contributed by atoms with van der Waals surface area (Å²) < 4.78 is 33.6. The van der Waals surface area contributed by atoms with Gasteiger partial charge >= 0.3 is 0 Å². The molecule has 6 rings (SSSR count). The van der Waals surface area contributed by atoms with Gasteiger partial charge < -0.3 is 14.5 Å². The third kappa shape index (κ3) is 5.75. The van der Waals surface area contributed by atoms with Crippen molar-refractivity contribution in [2.24, 2.45) is 0 Å². The smallest absolute Gasteiger partial charge is 0.261 e. The summed E-state index contributed by atoms with van der Waals surface area (Å²) in [6.45, 7) is 3.37. The Morgan fingerprint density at radius 1 is 0.805 bits per heavy atom. The van der Waals surface area contributed by atoms with Crippen molar-refractivity contribution < 1.29 is 13.2 Å². The number of hydrogen-bond acceptors (Lipinski definition) is 8. The van der Waals surface area contributed by atoms with Gasteiger partial charge in [0.2, 0.25) is 0 Å². The fourth-order valence-electron chi connectivity index (χ4n) is 4.80. The lowest BCUT2D eigenvalue weighted by Crippen LogP contribution is -2.46. The molecular formula is C30H27ClN6O3S. The average Bonchev–Trinajstić information content (AvgIpc) is 3.02. The zero-order chi connectivity index (χ0) is 28.4. The fourth-order valence-corrected chi connectivity index (χ4v) is 6.09. The molecule has 0 amide bonds. The number of nitrogens with one attached hydrogen (secondary N) is 1. The molecule has 0 saturated carbocycles. The molecule has 1 N–H and O–H groups in total. The Morgan fingerprint density at radius 2 is 1.54 bits per heavy atom. The molecule has 0 unspecified atom stereocenters. The third-order valence-electron chi connectivity index (χ3n) is 7.04. The number of nitrogens with zero attached hydrogens (tertiary/aromatic N) is 5. The molecule has 0 bridgehead atoms. The van der Waals surface area contributed by atoms with Gasteiger partial charge in [-0.25, -0.2) is 18.4 Å². The number of aromatic nitrogens is 3. The topological polar surface area (TPSA) is 101 Å². The van der Waals surface area contributed by atoms with Crippen molar-refractivity contribution in [2.45, 2.75) is 4.90 Å². The van der Waals surface area contributed by atoms with Crippen LogP contribution in [0.5, 0.6) is 5.75 Å². The van der Waals surface area contributed by atoms with Gasteiger partial charge in [0.15, 0.2) is 5.15 Å². The molecule has 1 saturated heterocycles. The molecule has 0 radical (unpaired) electrons. The maximum atomic E-state index is 12.9. The van der Waals surface area contributed by atoms with Crippen LogP contribution in [0.1, 0.15) is 0 Å². The molecule has 9 nitrogen and oxygen atoms in total. The molecule has 11 heteroatoms. The first-order chi connectivity index (χ1) is 19.9. The minimum absolute atomic E-state index is 0.0601. The number of methoxy groups -OCH3 is 1. The van der Waals surface area contributed by atoms with Crippen LogP contribution in [0, 0.1) is 0 Å². The Kier molecular flexibility index (Phi) is 7.34. The van der Waals surface area contributed by atoms with Crippen molar-refractivity contribution >= 4 is 49.9 Å². The number of piperazine rings is 1. The summed E-state index contributed by atoms with van der Waals surface area (Å²) in [5.41, 5.74) is 4.38. The summed E-state index contributed by atoms with van der Waals surface area (Å²) in [7, 11) is -2.16. The Labute approximate surface area is 243 Å². The van der Waals surface area contributed by atoms with Crippen molar-refractivity contribution in [3.63, 3.8) is 0 Å². The van der Waals surface area contributed by atoms with E-state index in [2.05, 4.69) is 36.6 Å². The molecule has 1 aliphatic rings. The summed E-state index contributed by atoms with van der Waals surface area (Å²) in [5.74, 6) is 1.66. The standard InChI is InChI=1S/C30H27ClN6O3S/c1-40-24-10-8-23(9-11-24)36-13-15-37(16-14-36)29-20-32-26-12-7-21(17-27(26)34-29)22-18-28(30(31)33-19-22)35-41(38,39)25-5-3-2-4-6-25/h2-12,17-20,35H,13-16H2,1H3. The zero-order valence-corrected chi connectivity index (χ0v) is 23.8. The fraction of sp³-hybridized carbons (Fsp3) is 0.167. The van der Waals surface area contributed by atoms with Gasteiger partial charge in [-0.3, -0.25) is 9.71 Å². The predicted molar refractivity (Wildman–Crippen MR) is 162 cm³/mol. The summed E-state index contributed by atoms with van der Waals surface area (Å²) >= 11 is 6.27. The van der Waals surface area contributed by atoms with Crippen LogP contribution in [0.3, 0.4) is 0 Å². The van der Waals surface area contributed by atoms with E-state index < -0.39 is 10.0 Å². The van der Waals surface area contributed by atoms with E-state index in [0.29, 0.717) is 5.56 Å². The Hall–Kier alpha value is -4.41. The molecule has 0 aliphatic carbocycles. The number of sulfonamides is 1. The normalized spacial score (nSPS) is 13.8. The first-order valence-corrected chi connectivity index (χ1v) is 14.9. The van der Waals surface area contributed by atoms with Crippen LogP contribution >= 0.6 is 11.6 Å². The van der Waals surface area contributed by atoms with E-state index in [1.54, 1.807) is 37.6 Å². The Balaban J connectivity index is 1.21. The van der Waals surface area contributed by atoms with E-state index in [9.17, 15) is 8.42 Å². The van der Waals surface area contributed by atoms with Gasteiger partial charge in [-0.05, 0) is 60.2 Å². The summed E-state index contributed by atoms with van der Waals surface area (Å²) in [6.07, 6.45) is 3.42. The predicted octanol–water partition coefficient (Wildman–Crippen LogP) is 5.48. The van der Waals surface area contributed by atoms with Crippen molar-refractivity contribution in [2.75, 3.05) is 47.8 Å². The lowest BCUT2D eigenvalue weighted by Gasteiger charge is -2.36. The largest absolute Gasteiger partial charge is 0.497 e. The van der Waals surface area contributed by atoms with E-state index in [-0.39, 0.29) is 15.7 Å². The molecule has 3 heterocycles. The quantitative estimate of drug-likeness (QED) is 0.250. The van der Waals surface area contributed by atoms with Crippen LogP contribution in [-0.2, 0) is 10.0 Å². The van der Waals surface area contributed by atoms with Crippen LogP contribution in [0.15, 0.2) is 96.2 Å². The minimum Gasteiger partial charge on any atom is -0.497 e. The molecule has 2 aromatic heterocycles. The second-order valence-corrected chi connectivity index (χ2v) is 11.6. The molecule has 5 aromatic rings. The van der Waals surface area contributed by atoms with E-state index in [0.717, 1.165) is 54.3 Å². The van der Waals surface area contributed by atoms with Crippen molar-refractivity contribution in [3.8, 4) is 16.9 Å². The second-order valence-electron chi connectivity index (χ2n) is 9.58. The van der Waals surface area contributed by atoms with Crippen molar-refractivity contribution in [3.05, 3.63) is 96.4 Å². The molecule has 0 spiro atoms. The summed E-state index contributed by atoms with van der Waals surface area (Å²) in [5, 5.41) is 0.0601. The van der Waals surface area contributed by atoms with E-state index in [1.165, 1.54) is 17.8 Å². The average molecular weight is 587 g/mol. The summed E-state index contributed by atoms with van der Waals surface area (Å²) in [4.78, 5) is 18.5. The maximum Gasteiger partial charge on any atom is 0.261 e. The van der Waals surface area contributed by atoms with Gasteiger partial charge in [0.1, 0.15) is 11.6 Å². The molecule has 1 fully saturated rings. The van der Waals surface area contributed by atoms with Crippen LogP contribution in [0.4, 0.5) is 17.2 Å². The van der Waals surface area contributed by atoms with Gasteiger partial charge in [0.05, 0.1) is 34.9 Å². The first kappa shape index (κ1) is 26.8. The van der Waals surface area contributed by atoms with Crippen LogP contribution in [-0.4, -0.2) is 56.7 Å². The number of rotatable bonds is 7. The zero-order valence-electron chi connectivity index (χ0n) is 22.2. The van der Waals surface area contributed by atoms with Crippen LogP contribution in [0.2, 0.25) is 5.15 Å². The maximum absolute atomic E-state index is 12.9. The first-order valence-electron chi connectivity index (χ1n) is 13.0. The Bertz CT molecular complexity index is 1800. The molecule has 41 heavy (non-hydrogen) atoms. The second kappa shape index (κ2) is 11.2. The van der Waals surface area contributed by atoms with E-state index in [4.69, 9.17) is 21.3 Å². The highest BCUT2D eigenvalue weighted by Gasteiger charge is 2.20. The SMILES string of the molecule is COc1ccc(N2CCN(c3cnc4ccc(-c5cnc(Cl)c(NS(=O)(=O)c6ccccc6)c5)cc4n3)CC2)cc1. The molecule has 1 aliphatic heterocycles. The monoisotopic (exact) mass is 586 g/mol. The number of pyridine rings is 1.